The second-order valence-corrected chi connectivity index (χ2v) is 7.03. The Kier molecular flexibility index (Phi) is 4.48. The van der Waals surface area contributed by atoms with Crippen molar-refractivity contribution in [3.8, 4) is 5.75 Å². The Morgan fingerprint density at radius 2 is 2.08 bits per heavy atom. The van der Waals surface area contributed by atoms with E-state index in [1.165, 1.54) is 0 Å². The van der Waals surface area contributed by atoms with Crippen LogP contribution in [0.3, 0.4) is 0 Å². The summed E-state index contributed by atoms with van der Waals surface area (Å²) in [6.45, 7) is 3.66. The number of H-pyrrole nitrogens is 1. The lowest BCUT2D eigenvalue weighted by Gasteiger charge is -2.18. The number of hydrogen-bond acceptors (Lipinski definition) is 5. The van der Waals surface area contributed by atoms with Gasteiger partial charge in [0, 0.05) is 11.3 Å². The van der Waals surface area contributed by atoms with Crippen molar-refractivity contribution >= 4 is 29.4 Å². The van der Waals surface area contributed by atoms with Gasteiger partial charge in [0.15, 0.2) is 12.4 Å². The largest absolute Gasteiger partial charge is 0.484 e. The number of carbonyl (C=O) groups excluding carboxylic acids is 2. The second-order valence-electron chi connectivity index (χ2n) is 5.58. The number of nitrogens with two attached hydrogens (primary N) is 1. The number of ether oxygens (including phenoxy) is 1. The summed E-state index contributed by atoms with van der Waals surface area (Å²) in [5.74, 6) is 0.572. The molecule has 2 amide bonds. The van der Waals surface area contributed by atoms with Crippen molar-refractivity contribution in [1.29, 1.82) is 0 Å². The van der Waals surface area contributed by atoms with Gasteiger partial charge in [-0.15, -0.1) is 11.8 Å². The van der Waals surface area contributed by atoms with E-state index in [-0.39, 0.29) is 23.0 Å². The number of amides is 2. The van der Waals surface area contributed by atoms with E-state index < -0.39 is 5.91 Å². The Bertz CT molecular complexity index is 772. The Balaban J connectivity index is 1.91. The third-order valence-electron chi connectivity index (χ3n) is 3.77. The Labute approximate surface area is 143 Å². The predicted molar refractivity (Wildman–Crippen MR) is 92.0 cm³/mol. The van der Waals surface area contributed by atoms with Gasteiger partial charge in [-0.05, 0) is 31.5 Å². The predicted octanol–water partition coefficient (Wildman–Crippen LogP) is 1.75. The first-order chi connectivity index (χ1) is 11.5. The van der Waals surface area contributed by atoms with E-state index in [4.69, 9.17) is 10.5 Å². The highest BCUT2D eigenvalue weighted by Gasteiger charge is 2.32. The maximum absolute atomic E-state index is 12.1. The van der Waals surface area contributed by atoms with Crippen molar-refractivity contribution in [3.05, 3.63) is 41.1 Å². The van der Waals surface area contributed by atoms with Gasteiger partial charge in [0.25, 0.3) is 5.91 Å². The third kappa shape index (κ3) is 3.23. The number of aromatic nitrogens is 2. The summed E-state index contributed by atoms with van der Waals surface area (Å²) in [6, 6.07) is 7.43. The van der Waals surface area contributed by atoms with Crippen LogP contribution in [0.25, 0.3) is 0 Å². The van der Waals surface area contributed by atoms with Crippen molar-refractivity contribution in [3.63, 3.8) is 0 Å². The zero-order chi connectivity index (χ0) is 17.3. The summed E-state index contributed by atoms with van der Waals surface area (Å²) in [7, 11) is 0. The monoisotopic (exact) mass is 346 g/mol. The normalized spacial score (nSPS) is 20.0. The number of hydrogen-bond donors (Lipinski definition) is 3. The van der Waals surface area contributed by atoms with Gasteiger partial charge in [-0.25, -0.2) is 0 Å². The van der Waals surface area contributed by atoms with E-state index in [9.17, 15) is 9.59 Å². The summed E-state index contributed by atoms with van der Waals surface area (Å²) < 4.78 is 5.28. The van der Waals surface area contributed by atoms with Crippen LogP contribution in [0.15, 0.2) is 24.3 Å². The zero-order valence-electron chi connectivity index (χ0n) is 13.3. The molecule has 1 aromatic heterocycles. The molecule has 2 unspecified atom stereocenters. The van der Waals surface area contributed by atoms with Crippen LogP contribution >= 0.6 is 11.8 Å². The summed E-state index contributed by atoms with van der Waals surface area (Å²) in [5.41, 5.74) is 8.00. The second kappa shape index (κ2) is 6.56. The first kappa shape index (κ1) is 16.4. The highest BCUT2D eigenvalue weighted by molar-refractivity contribution is 8.01. The van der Waals surface area contributed by atoms with Crippen molar-refractivity contribution in [2.24, 2.45) is 5.73 Å². The number of carbonyl (C=O) groups is 2. The number of rotatable bonds is 4. The molecule has 2 aromatic rings. The van der Waals surface area contributed by atoms with Crippen LogP contribution in [-0.2, 0) is 9.59 Å². The molecule has 3 rings (SSSR count). The van der Waals surface area contributed by atoms with Crippen LogP contribution in [0.2, 0.25) is 0 Å². The lowest BCUT2D eigenvalue weighted by molar-refractivity contribution is -0.120. The van der Waals surface area contributed by atoms with Gasteiger partial charge in [-0.2, -0.15) is 5.10 Å². The van der Waals surface area contributed by atoms with Gasteiger partial charge in [0.05, 0.1) is 10.5 Å². The molecule has 0 fully saturated rings. The van der Waals surface area contributed by atoms with Crippen molar-refractivity contribution < 1.29 is 14.3 Å². The lowest BCUT2D eigenvalue weighted by atomic mass is 10.0. The number of aryl methyl sites for hydroxylation is 1. The molecule has 126 valence electrons. The smallest absolute Gasteiger partial charge is 0.255 e. The molecule has 0 spiro atoms. The van der Waals surface area contributed by atoms with Gasteiger partial charge in [-0.1, -0.05) is 12.1 Å². The first-order valence-electron chi connectivity index (χ1n) is 7.48. The maximum atomic E-state index is 12.1. The van der Waals surface area contributed by atoms with Crippen LogP contribution in [0.4, 0.5) is 5.82 Å². The minimum absolute atomic E-state index is 0.0297. The quantitative estimate of drug-likeness (QED) is 0.781. The molecule has 2 atom stereocenters. The third-order valence-corrected chi connectivity index (χ3v) is 5.17. The molecule has 1 aliphatic rings. The molecular formula is C16H18N4O3S. The number of thioether (sulfide) groups is 1. The van der Waals surface area contributed by atoms with Crippen LogP contribution in [0.1, 0.15) is 29.0 Å². The number of nitrogens with one attached hydrogen (secondary N) is 2. The van der Waals surface area contributed by atoms with E-state index in [0.717, 1.165) is 16.8 Å². The number of nitrogens with zero attached hydrogens (tertiary/aromatic N) is 1. The summed E-state index contributed by atoms with van der Waals surface area (Å²) in [4.78, 5) is 22.9. The topological polar surface area (TPSA) is 110 Å². The molecule has 2 heterocycles. The van der Waals surface area contributed by atoms with Crippen LogP contribution in [0, 0.1) is 6.92 Å². The number of anilines is 1. The first-order valence-corrected chi connectivity index (χ1v) is 8.42. The highest BCUT2D eigenvalue weighted by atomic mass is 32.2. The van der Waals surface area contributed by atoms with E-state index >= 15 is 0 Å². The number of benzene rings is 1. The fourth-order valence-corrected chi connectivity index (χ4v) is 3.87. The summed E-state index contributed by atoms with van der Waals surface area (Å²) >= 11 is 1.57. The molecule has 4 N–H and O–H groups in total. The van der Waals surface area contributed by atoms with Crippen LogP contribution in [-0.4, -0.2) is 33.9 Å². The molecule has 1 aliphatic heterocycles. The molecule has 0 saturated carbocycles. The average molecular weight is 346 g/mol. The summed E-state index contributed by atoms with van der Waals surface area (Å²) in [5, 5.41) is 9.76. The Morgan fingerprint density at radius 1 is 1.38 bits per heavy atom. The van der Waals surface area contributed by atoms with Crippen molar-refractivity contribution in [2.45, 2.75) is 24.3 Å². The SMILES string of the molecule is Cc1[nH]nc2c1C(c1ccc(OCC(N)=O)cc1)SC(C)C(=O)N2. The van der Waals surface area contributed by atoms with Crippen molar-refractivity contribution in [1.82, 2.24) is 10.2 Å². The maximum Gasteiger partial charge on any atom is 0.255 e. The molecular weight excluding hydrogens is 328 g/mol. The number of fused-ring (bicyclic) bond motifs is 1. The minimum atomic E-state index is -0.518. The minimum Gasteiger partial charge on any atom is -0.484 e. The molecule has 0 saturated heterocycles. The van der Waals surface area contributed by atoms with E-state index in [1.807, 2.05) is 26.0 Å². The van der Waals surface area contributed by atoms with E-state index in [2.05, 4.69) is 15.5 Å². The molecule has 24 heavy (non-hydrogen) atoms. The zero-order valence-corrected chi connectivity index (χ0v) is 14.1. The van der Waals surface area contributed by atoms with Gasteiger partial charge >= 0.3 is 0 Å². The number of aromatic amines is 1. The van der Waals surface area contributed by atoms with Crippen LogP contribution < -0.4 is 15.8 Å². The van der Waals surface area contributed by atoms with Gasteiger partial charge in [0.1, 0.15) is 5.75 Å². The molecule has 0 aliphatic carbocycles. The average Bonchev–Trinajstić information content (AvgIpc) is 2.85. The van der Waals surface area contributed by atoms with E-state index in [1.54, 1.807) is 23.9 Å². The lowest BCUT2D eigenvalue weighted by Crippen LogP contribution is -2.21. The fourth-order valence-electron chi connectivity index (χ4n) is 2.54. The van der Waals surface area contributed by atoms with Gasteiger partial charge in [-0.3, -0.25) is 14.7 Å². The number of primary amides is 1. The standard InChI is InChI=1S/C16H18N4O3S/c1-8-13-14(24-9(2)16(22)18-15(13)20-19-8)10-3-5-11(6-4-10)23-7-12(17)21/h3-6,9,14H,7H2,1-2H3,(H2,17,21)(H2,18,19,20,22). The Morgan fingerprint density at radius 3 is 2.75 bits per heavy atom. The fraction of sp³-hybridized carbons (Fsp3) is 0.312. The Hall–Kier alpha value is -2.48. The molecule has 7 nitrogen and oxygen atoms in total. The van der Waals surface area contributed by atoms with Crippen LogP contribution in [0.5, 0.6) is 5.75 Å². The van der Waals surface area contributed by atoms with Crippen molar-refractivity contribution in [2.75, 3.05) is 11.9 Å². The molecule has 0 bridgehead atoms. The molecule has 1 aromatic carbocycles. The van der Waals surface area contributed by atoms with Gasteiger partial charge in [0.2, 0.25) is 5.91 Å². The summed E-state index contributed by atoms with van der Waals surface area (Å²) in [6.07, 6.45) is 0. The van der Waals surface area contributed by atoms with E-state index in [0.29, 0.717) is 11.6 Å². The highest BCUT2D eigenvalue weighted by Crippen LogP contribution is 2.44. The molecule has 0 radical (unpaired) electrons. The molecule has 8 heteroatoms. The van der Waals surface area contributed by atoms with Gasteiger partial charge < -0.3 is 15.8 Å².